The Morgan fingerprint density at radius 3 is 3.05 bits per heavy atom. The molecule has 0 amide bonds. The van der Waals surface area contributed by atoms with E-state index in [-0.39, 0.29) is 11.9 Å². The summed E-state index contributed by atoms with van der Waals surface area (Å²) >= 11 is 0. The van der Waals surface area contributed by atoms with Gasteiger partial charge in [-0.1, -0.05) is 0 Å². The van der Waals surface area contributed by atoms with Crippen LogP contribution in [0.2, 0.25) is 0 Å². The Hall–Kier alpha value is -1.44. The number of ether oxygens (including phenoxy) is 2. The van der Waals surface area contributed by atoms with Crippen LogP contribution in [0.4, 0.5) is 5.82 Å². The smallest absolute Gasteiger partial charge is 0.351 e. The molecular weight excluding hydrogens is 250 g/mol. The Balaban J connectivity index is 1.68. The minimum absolute atomic E-state index is 0.155. The van der Waals surface area contributed by atoms with Crippen molar-refractivity contribution in [3.8, 4) is 0 Å². The van der Waals surface area contributed by atoms with Crippen molar-refractivity contribution >= 4 is 5.82 Å². The number of aliphatic hydroxyl groups excluding tert-OH is 1. The van der Waals surface area contributed by atoms with E-state index in [9.17, 15) is 9.90 Å². The van der Waals surface area contributed by atoms with Gasteiger partial charge >= 0.3 is 5.69 Å². The van der Waals surface area contributed by atoms with E-state index in [2.05, 4.69) is 4.98 Å². The summed E-state index contributed by atoms with van der Waals surface area (Å²) in [5, 5.41) is 9.99. The molecule has 0 radical (unpaired) electrons. The van der Waals surface area contributed by atoms with Gasteiger partial charge in [0.25, 0.3) is 0 Å². The first kappa shape index (κ1) is 12.6. The summed E-state index contributed by atoms with van der Waals surface area (Å²) in [5.41, 5.74) is 4.91. The number of rotatable bonds is 4. The molecule has 0 aromatic carbocycles. The number of nitrogens with two attached hydrogens (primary N) is 1. The highest BCUT2D eigenvalue weighted by molar-refractivity contribution is 5.23. The third-order valence-corrected chi connectivity index (χ3v) is 3.33. The van der Waals surface area contributed by atoms with Crippen LogP contribution in [0.15, 0.2) is 17.1 Å². The standard InChI is InChI=1S/C12H17N3O4/c13-10-3-4-15(12(17)14-10)11-9(16)5-8(19-11)6-18-7-1-2-7/h3-4,7-9,11,16H,1-2,5-6H2,(H2,13,14,17)/t8-,9+,11+/m0/s1. The normalized spacial score (nSPS) is 30.7. The number of hydrogen-bond donors (Lipinski definition) is 2. The van der Waals surface area contributed by atoms with Crippen molar-refractivity contribution in [2.45, 2.75) is 43.8 Å². The molecule has 0 bridgehead atoms. The largest absolute Gasteiger partial charge is 0.388 e. The second-order valence-corrected chi connectivity index (χ2v) is 5.03. The van der Waals surface area contributed by atoms with Gasteiger partial charge in [-0.05, 0) is 18.9 Å². The van der Waals surface area contributed by atoms with Crippen LogP contribution in [-0.4, -0.2) is 39.6 Å². The van der Waals surface area contributed by atoms with Gasteiger partial charge in [0.05, 0.1) is 18.8 Å². The maximum Gasteiger partial charge on any atom is 0.351 e. The van der Waals surface area contributed by atoms with Crippen LogP contribution in [0.3, 0.4) is 0 Å². The maximum atomic E-state index is 11.7. The molecule has 1 saturated heterocycles. The molecule has 1 aliphatic heterocycles. The molecule has 3 N–H and O–H groups in total. The van der Waals surface area contributed by atoms with Crippen LogP contribution in [0, 0.1) is 0 Å². The molecule has 3 rings (SSSR count). The Bertz CT molecular complexity index is 514. The number of nitrogens with zero attached hydrogens (tertiary/aromatic N) is 2. The van der Waals surface area contributed by atoms with Gasteiger partial charge in [0.2, 0.25) is 0 Å². The van der Waals surface area contributed by atoms with E-state index in [1.54, 1.807) is 0 Å². The predicted molar refractivity (Wildman–Crippen MR) is 66.4 cm³/mol. The van der Waals surface area contributed by atoms with E-state index in [4.69, 9.17) is 15.2 Å². The van der Waals surface area contributed by atoms with E-state index in [0.29, 0.717) is 19.1 Å². The molecule has 1 aromatic rings. The van der Waals surface area contributed by atoms with Crippen LogP contribution in [0.5, 0.6) is 0 Å². The second-order valence-electron chi connectivity index (χ2n) is 5.03. The molecule has 2 fully saturated rings. The van der Waals surface area contributed by atoms with E-state index in [1.807, 2.05) is 0 Å². The first-order valence-corrected chi connectivity index (χ1v) is 6.43. The summed E-state index contributed by atoms with van der Waals surface area (Å²) in [6, 6.07) is 1.51. The first-order chi connectivity index (χ1) is 9.13. The first-order valence-electron chi connectivity index (χ1n) is 6.43. The lowest BCUT2D eigenvalue weighted by molar-refractivity contribution is -0.0659. The SMILES string of the molecule is Nc1ccn([C@@H]2O[C@H](COC3CC3)C[C@H]2O)c(=O)n1. The van der Waals surface area contributed by atoms with Gasteiger partial charge < -0.3 is 20.3 Å². The lowest BCUT2D eigenvalue weighted by Crippen LogP contribution is -2.31. The Morgan fingerprint density at radius 1 is 1.58 bits per heavy atom. The highest BCUT2D eigenvalue weighted by Crippen LogP contribution is 2.30. The molecule has 0 spiro atoms. The van der Waals surface area contributed by atoms with E-state index < -0.39 is 18.0 Å². The van der Waals surface area contributed by atoms with Crippen molar-refractivity contribution in [1.82, 2.24) is 9.55 Å². The third kappa shape index (κ3) is 2.78. The summed E-state index contributed by atoms with van der Waals surface area (Å²) in [7, 11) is 0. The van der Waals surface area contributed by atoms with Gasteiger partial charge in [-0.3, -0.25) is 4.57 Å². The monoisotopic (exact) mass is 267 g/mol. The van der Waals surface area contributed by atoms with Gasteiger partial charge in [-0.15, -0.1) is 0 Å². The molecule has 19 heavy (non-hydrogen) atoms. The molecule has 104 valence electrons. The van der Waals surface area contributed by atoms with E-state index >= 15 is 0 Å². The van der Waals surface area contributed by atoms with Crippen LogP contribution in [0.25, 0.3) is 0 Å². The van der Waals surface area contributed by atoms with Crippen molar-refractivity contribution in [2.75, 3.05) is 12.3 Å². The fraction of sp³-hybridized carbons (Fsp3) is 0.667. The van der Waals surface area contributed by atoms with Crippen molar-refractivity contribution in [3.63, 3.8) is 0 Å². The van der Waals surface area contributed by atoms with Crippen molar-refractivity contribution in [2.24, 2.45) is 0 Å². The topological polar surface area (TPSA) is 99.6 Å². The summed E-state index contributed by atoms with van der Waals surface area (Å²) < 4.78 is 12.5. The zero-order valence-corrected chi connectivity index (χ0v) is 10.4. The number of aliphatic hydroxyl groups is 1. The fourth-order valence-electron chi connectivity index (χ4n) is 2.19. The quantitative estimate of drug-likeness (QED) is 0.773. The lowest BCUT2D eigenvalue weighted by atomic mass is 10.2. The highest BCUT2D eigenvalue weighted by atomic mass is 16.6. The highest BCUT2D eigenvalue weighted by Gasteiger charge is 2.37. The van der Waals surface area contributed by atoms with E-state index in [1.165, 1.54) is 16.8 Å². The third-order valence-electron chi connectivity index (χ3n) is 3.33. The Kier molecular flexibility index (Phi) is 3.26. The number of hydrogen-bond acceptors (Lipinski definition) is 6. The van der Waals surface area contributed by atoms with Crippen molar-refractivity contribution < 1.29 is 14.6 Å². The van der Waals surface area contributed by atoms with Gasteiger partial charge in [0, 0.05) is 12.6 Å². The molecular formula is C12H17N3O4. The van der Waals surface area contributed by atoms with Gasteiger partial charge in [-0.25, -0.2) is 4.79 Å². The fourth-order valence-corrected chi connectivity index (χ4v) is 2.19. The summed E-state index contributed by atoms with van der Waals surface area (Å²) in [6.45, 7) is 0.454. The number of aromatic nitrogens is 2. The molecule has 1 saturated carbocycles. The van der Waals surface area contributed by atoms with E-state index in [0.717, 1.165) is 12.8 Å². The van der Waals surface area contributed by atoms with Gasteiger partial charge in [-0.2, -0.15) is 4.98 Å². The molecule has 1 aliphatic carbocycles. The summed E-state index contributed by atoms with van der Waals surface area (Å²) in [6.07, 6.45) is 2.84. The average molecular weight is 267 g/mol. The van der Waals surface area contributed by atoms with Gasteiger partial charge in [0.15, 0.2) is 6.23 Å². The number of anilines is 1. The molecule has 7 nitrogen and oxygen atoms in total. The molecule has 1 aromatic heterocycles. The summed E-state index contributed by atoms with van der Waals surface area (Å²) in [4.78, 5) is 15.3. The summed E-state index contributed by atoms with van der Waals surface area (Å²) in [5.74, 6) is 0.155. The minimum atomic E-state index is -0.740. The number of nitrogen functional groups attached to an aromatic ring is 1. The van der Waals surface area contributed by atoms with Gasteiger partial charge in [0.1, 0.15) is 11.9 Å². The van der Waals surface area contributed by atoms with Crippen molar-refractivity contribution in [3.05, 3.63) is 22.7 Å². The minimum Gasteiger partial charge on any atom is -0.388 e. The van der Waals surface area contributed by atoms with Crippen LogP contribution < -0.4 is 11.4 Å². The Morgan fingerprint density at radius 2 is 2.37 bits per heavy atom. The van der Waals surface area contributed by atoms with Crippen LogP contribution in [0.1, 0.15) is 25.5 Å². The van der Waals surface area contributed by atoms with Crippen molar-refractivity contribution in [1.29, 1.82) is 0 Å². The molecule has 2 heterocycles. The zero-order valence-electron chi connectivity index (χ0n) is 10.4. The van der Waals surface area contributed by atoms with Crippen LogP contribution >= 0.6 is 0 Å². The van der Waals surface area contributed by atoms with Crippen LogP contribution in [-0.2, 0) is 9.47 Å². The average Bonchev–Trinajstić information content (AvgIpc) is 3.11. The predicted octanol–water partition coefficient (Wildman–Crippen LogP) is -0.347. The molecule has 2 aliphatic rings. The maximum absolute atomic E-state index is 11.7. The molecule has 0 unspecified atom stereocenters. The second kappa shape index (κ2) is 4.92. The zero-order chi connectivity index (χ0) is 13.4. The molecule has 3 atom stereocenters. The molecule has 7 heteroatoms. The lowest BCUT2D eigenvalue weighted by Gasteiger charge is -2.17. The Labute approximate surface area is 110 Å².